The quantitative estimate of drug-likeness (QED) is 0.169. The van der Waals surface area contributed by atoms with Crippen molar-refractivity contribution in [2.75, 3.05) is 0 Å². The molecule has 12 aromatic rings. The molecule has 0 unspecified atom stereocenters. The monoisotopic (exact) mass is 764 g/mol. The summed E-state index contributed by atoms with van der Waals surface area (Å²) in [6.45, 7) is 0. The van der Waals surface area contributed by atoms with Crippen molar-refractivity contribution in [1.82, 2.24) is 19.1 Å². The standard InChI is InChI=1S/C56H36N4/c1-4-17-37(18-5-1)41-33-42(38-19-6-2-7-20-38)36-44(35-41)60-50-29-14-11-25-45(50)46-31-32-52-53(55(46)60)48-27-12-15-30-51(48)59(52)43-24-16-23-40(34-43)56-57-49-28-13-10-26-47(49)54(58-56)39-21-8-3-9-22-39/h1-36H. The summed E-state index contributed by atoms with van der Waals surface area (Å²) in [6, 6.07) is 78.1. The van der Waals surface area contributed by atoms with Crippen LogP contribution >= 0.6 is 0 Å². The maximum absolute atomic E-state index is 5.23. The highest BCUT2D eigenvalue weighted by Gasteiger charge is 2.22. The van der Waals surface area contributed by atoms with Gasteiger partial charge in [-0.15, -0.1) is 0 Å². The second kappa shape index (κ2) is 13.8. The van der Waals surface area contributed by atoms with Gasteiger partial charge in [-0.1, -0.05) is 164 Å². The molecule has 0 aliphatic rings. The third-order valence-corrected chi connectivity index (χ3v) is 11.9. The van der Waals surface area contributed by atoms with Crippen molar-refractivity contribution < 1.29 is 0 Å². The van der Waals surface area contributed by atoms with Gasteiger partial charge in [0, 0.05) is 49.4 Å². The summed E-state index contributed by atoms with van der Waals surface area (Å²) in [5.74, 6) is 0.699. The molecule has 0 saturated carbocycles. The molecule has 0 aliphatic heterocycles. The van der Waals surface area contributed by atoms with Gasteiger partial charge in [-0.25, -0.2) is 9.97 Å². The summed E-state index contributed by atoms with van der Waals surface area (Å²) in [4.78, 5) is 10.4. The average Bonchev–Trinajstić information content (AvgIpc) is 3.85. The molecule has 0 saturated heterocycles. The van der Waals surface area contributed by atoms with Gasteiger partial charge in [-0.2, -0.15) is 0 Å². The fraction of sp³-hybridized carbons (Fsp3) is 0. The lowest BCUT2D eigenvalue weighted by Gasteiger charge is -2.15. The topological polar surface area (TPSA) is 35.6 Å². The Morgan fingerprint density at radius 1 is 0.300 bits per heavy atom. The van der Waals surface area contributed by atoms with Crippen LogP contribution in [0.3, 0.4) is 0 Å². The fourth-order valence-electron chi connectivity index (χ4n) is 9.20. The largest absolute Gasteiger partial charge is 0.309 e. The van der Waals surface area contributed by atoms with Crippen LogP contribution in [0.1, 0.15) is 0 Å². The molecule has 0 spiro atoms. The van der Waals surface area contributed by atoms with E-state index in [-0.39, 0.29) is 0 Å². The van der Waals surface area contributed by atoms with Crippen LogP contribution < -0.4 is 0 Å². The van der Waals surface area contributed by atoms with Gasteiger partial charge in [-0.05, 0) is 76.9 Å². The SMILES string of the molecule is c1ccc(-c2cc(-c3ccccc3)cc(-n3c4ccccc4c4ccc5c(c6ccccc6n5-c5cccc(-c6nc(-c7ccccc7)c7ccccc7n6)c5)c43)c2)cc1. The van der Waals surface area contributed by atoms with Gasteiger partial charge in [-0.3, -0.25) is 0 Å². The smallest absolute Gasteiger partial charge is 0.160 e. The number of para-hydroxylation sites is 3. The Bertz CT molecular complexity index is 3530. The summed E-state index contributed by atoms with van der Waals surface area (Å²) in [5.41, 5.74) is 15.4. The van der Waals surface area contributed by atoms with E-state index in [1.807, 2.05) is 12.1 Å². The predicted octanol–water partition coefficient (Wildman–Crippen LogP) is 14.5. The first kappa shape index (κ1) is 34.0. The van der Waals surface area contributed by atoms with Crippen molar-refractivity contribution in [3.05, 3.63) is 218 Å². The van der Waals surface area contributed by atoms with Crippen LogP contribution in [0, 0.1) is 0 Å². The predicted molar refractivity (Wildman–Crippen MR) is 250 cm³/mol. The Hall–Kier alpha value is -8.08. The minimum atomic E-state index is 0.699. The summed E-state index contributed by atoms with van der Waals surface area (Å²) in [7, 11) is 0. The highest BCUT2D eigenvalue weighted by atomic mass is 15.0. The normalized spacial score (nSPS) is 11.7. The molecule has 4 heteroatoms. The molecule has 0 radical (unpaired) electrons. The fourth-order valence-corrected chi connectivity index (χ4v) is 9.20. The molecule has 4 nitrogen and oxygen atoms in total. The van der Waals surface area contributed by atoms with Crippen LogP contribution in [0.5, 0.6) is 0 Å². The second-order valence-corrected chi connectivity index (χ2v) is 15.4. The maximum atomic E-state index is 5.23. The van der Waals surface area contributed by atoms with Gasteiger partial charge >= 0.3 is 0 Å². The summed E-state index contributed by atoms with van der Waals surface area (Å²) >= 11 is 0. The first-order chi connectivity index (χ1) is 29.8. The van der Waals surface area contributed by atoms with Crippen molar-refractivity contribution in [3.8, 4) is 56.3 Å². The first-order valence-corrected chi connectivity index (χ1v) is 20.4. The molecular formula is C56H36N4. The van der Waals surface area contributed by atoms with Gasteiger partial charge in [0.15, 0.2) is 5.82 Å². The van der Waals surface area contributed by atoms with Crippen molar-refractivity contribution in [2.24, 2.45) is 0 Å². The van der Waals surface area contributed by atoms with Crippen molar-refractivity contribution in [3.63, 3.8) is 0 Å². The zero-order chi connectivity index (χ0) is 39.6. The van der Waals surface area contributed by atoms with Crippen molar-refractivity contribution in [1.29, 1.82) is 0 Å². The van der Waals surface area contributed by atoms with Gasteiger partial charge in [0.05, 0.1) is 33.3 Å². The molecule has 0 amide bonds. The van der Waals surface area contributed by atoms with E-state index < -0.39 is 0 Å². The van der Waals surface area contributed by atoms with E-state index in [0.717, 1.165) is 50.1 Å². The third kappa shape index (κ3) is 5.46. The van der Waals surface area contributed by atoms with E-state index in [1.54, 1.807) is 0 Å². The summed E-state index contributed by atoms with van der Waals surface area (Å²) in [6.07, 6.45) is 0. The number of aromatic nitrogens is 4. The summed E-state index contributed by atoms with van der Waals surface area (Å²) in [5, 5.41) is 5.89. The Morgan fingerprint density at radius 2 is 0.850 bits per heavy atom. The van der Waals surface area contributed by atoms with Crippen LogP contribution in [0.15, 0.2) is 218 Å². The minimum Gasteiger partial charge on any atom is -0.309 e. The first-order valence-electron chi connectivity index (χ1n) is 20.4. The lowest BCUT2D eigenvalue weighted by Crippen LogP contribution is -1.98. The molecule has 0 bridgehead atoms. The Labute approximate surface area is 346 Å². The average molecular weight is 765 g/mol. The molecule has 0 N–H and O–H groups in total. The Balaban J connectivity index is 1.12. The molecular weight excluding hydrogens is 729 g/mol. The Kier molecular flexibility index (Phi) is 7.82. The highest BCUT2D eigenvalue weighted by Crippen LogP contribution is 2.43. The zero-order valence-electron chi connectivity index (χ0n) is 32.6. The molecule has 60 heavy (non-hydrogen) atoms. The van der Waals surface area contributed by atoms with E-state index in [1.165, 1.54) is 54.8 Å². The molecule has 0 fully saturated rings. The van der Waals surface area contributed by atoms with Crippen LogP contribution in [0.25, 0.3) is 111 Å². The van der Waals surface area contributed by atoms with E-state index in [0.29, 0.717) is 5.82 Å². The number of hydrogen-bond acceptors (Lipinski definition) is 2. The number of fused-ring (bicyclic) bond motifs is 8. The van der Waals surface area contributed by atoms with Gasteiger partial charge in [0.25, 0.3) is 0 Å². The number of hydrogen-bond donors (Lipinski definition) is 0. The van der Waals surface area contributed by atoms with Crippen molar-refractivity contribution >= 4 is 54.5 Å². The molecule has 12 rings (SSSR count). The van der Waals surface area contributed by atoms with Gasteiger partial charge < -0.3 is 9.13 Å². The number of benzene rings is 9. The molecule has 3 aromatic heterocycles. The molecule has 3 heterocycles. The van der Waals surface area contributed by atoms with Gasteiger partial charge in [0.2, 0.25) is 0 Å². The van der Waals surface area contributed by atoms with Crippen LogP contribution in [-0.4, -0.2) is 19.1 Å². The molecule has 280 valence electrons. The molecule has 9 aromatic carbocycles. The number of rotatable bonds is 6. The van der Waals surface area contributed by atoms with Gasteiger partial charge in [0.1, 0.15) is 0 Å². The van der Waals surface area contributed by atoms with E-state index in [4.69, 9.17) is 9.97 Å². The highest BCUT2D eigenvalue weighted by molar-refractivity contribution is 6.26. The zero-order valence-corrected chi connectivity index (χ0v) is 32.6. The number of nitrogens with zero attached hydrogens (tertiary/aromatic N) is 4. The van der Waals surface area contributed by atoms with Crippen LogP contribution in [0.4, 0.5) is 0 Å². The van der Waals surface area contributed by atoms with Crippen molar-refractivity contribution in [2.45, 2.75) is 0 Å². The summed E-state index contributed by atoms with van der Waals surface area (Å²) < 4.78 is 4.90. The van der Waals surface area contributed by atoms with E-state index in [2.05, 4.69) is 215 Å². The third-order valence-electron chi connectivity index (χ3n) is 11.9. The lowest BCUT2D eigenvalue weighted by molar-refractivity contribution is 1.17. The lowest BCUT2D eigenvalue weighted by atomic mass is 9.98. The van der Waals surface area contributed by atoms with Crippen LogP contribution in [-0.2, 0) is 0 Å². The van der Waals surface area contributed by atoms with E-state index in [9.17, 15) is 0 Å². The maximum Gasteiger partial charge on any atom is 0.160 e. The molecule has 0 aliphatic carbocycles. The van der Waals surface area contributed by atoms with Crippen LogP contribution in [0.2, 0.25) is 0 Å². The second-order valence-electron chi connectivity index (χ2n) is 15.4. The van der Waals surface area contributed by atoms with E-state index >= 15 is 0 Å². The minimum absolute atomic E-state index is 0.699. The molecule has 0 atom stereocenters. The Morgan fingerprint density at radius 3 is 1.55 bits per heavy atom.